The molecule has 1 heterocycles. The van der Waals surface area contributed by atoms with E-state index in [2.05, 4.69) is 10.3 Å². The molecule has 0 saturated heterocycles. The van der Waals surface area contributed by atoms with Crippen molar-refractivity contribution in [3.63, 3.8) is 0 Å². The predicted octanol–water partition coefficient (Wildman–Crippen LogP) is 2.94. The first kappa shape index (κ1) is 15.3. The van der Waals surface area contributed by atoms with Crippen molar-refractivity contribution in [2.75, 3.05) is 0 Å². The quantitative estimate of drug-likeness (QED) is 0.874. The van der Waals surface area contributed by atoms with Crippen LogP contribution in [0.3, 0.4) is 0 Å². The standard InChI is InChI=1S/C15H22N2O2S/c1-11(2)17-15(14(18)19)7-3-4-13(10-15)20-12-5-8-16-9-6-12/h5-6,8-9,11,13,17H,3-4,7,10H2,1-2H3,(H,18,19). The van der Waals surface area contributed by atoms with Crippen LogP contribution < -0.4 is 5.32 Å². The van der Waals surface area contributed by atoms with Crippen molar-refractivity contribution in [2.45, 2.75) is 61.3 Å². The fraction of sp³-hybridized carbons (Fsp3) is 0.600. The SMILES string of the molecule is CC(C)NC1(C(=O)O)CCCC(Sc2ccncc2)C1. The van der Waals surface area contributed by atoms with Crippen molar-refractivity contribution in [1.29, 1.82) is 0 Å². The average Bonchev–Trinajstić information content (AvgIpc) is 2.39. The van der Waals surface area contributed by atoms with Crippen LogP contribution in [0.5, 0.6) is 0 Å². The molecule has 2 atom stereocenters. The molecule has 5 heteroatoms. The first-order chi connectivity index (χ1) is 9.52. The lowest BCUT2D eigenvalue weighted by atomic mass is 9.81. The number of carboxylic acids is 1. The highest BCUT2D eigenvalue weighted by Gasteiger charge is 2.43. The first-order valence-electron chi connectivity index (χ1n) is 7.09. The highest BCUT2D eigenvalue weighted by molar-refractivity contribution is 8.00. The number of carboxylic acid groups (broad SMARTS) is 1. The molecular formula is C15H22N2O2S. The summed E-state index contributed by atoms with van der Waals surface area (Å²) >= 11 is 1.77. The van der Waals surface area contributed by atoms with Gasteiger partial charge in [0.1, 0.15) is 5.54 Å². The van der Waals surface area contributed by atoms with Gasteiger partial charge in [-0.15, -0.1) is 11.8 Å². The Balaban J connectivity index is 2.08. The Kier molecular flexibility index (Phi) is 5.05. The van der Waals surface area contributed by atoms with Gasteiger partial charge in [-0.25, -0.2) is 0 Å². The van der Waals surface area contributed by atoms with E-state index in [1.807, 2.05) is 26.0 Å². The molecule has 20 heavy (non-hydrogen) atoms. The summed E-state index contributed by atoms with van der Waals surface area (Å²) in [5.41, 5.74) is -0.767. The van der Waals surface area contributed by atoms with Crippen molar-refractivity contribution in [3.05, 3.63) is 24.5 Å². The van der Waals surface area contributed by atoms with Gasteiger partial charge in [0.05, 0.1) is 0 Å². The molecule has 1 fully saturated rings. The zero-order valence-corrected chi connectivity index (χ0v) is 12.8. The second kappa shape index (κ2) is 6.59. The van der Waals surface area contributed by atoms with E-state index in [4.69, 9.17) is 0 Å². The molecule has 0 bridgehead atoms. The van der Waals surface area contributed by atoms with Crippen LogP contribution in [0, 0.1) is 0 Å². The van der Waals surface area contributed by atoms with Gasteiger partial charge in [-0.2, -0.15) is 0 Å². The van der Waals surface area contributed by atoms with E-state index < -0.39 is 11.5 Å². The Morgan fingerprint density at radius 1 is 1.50 bits per heavy atom. The molecule has 2 N–H and O–H groups in total. The minimum absolute atomic E-state index is 0.177. The van der Waals surface area contributed by atoms with Gasteiger partial charge in [-0.3, -0.25) is 15.1 Å². The average molecular weight is 294 g/mol. The van der Waals surface area contributed by atoms with Crippen LogP contribution in [0.4, 0.5) is 0 Å². The third-order valence-corrected chi connectivity index (χ3v) is 4.91. The molecule has 1 aromatic rings. The lowest BCUT2D eigenvalue weighted by molar-refractivity contribution is -0.146. The number of hydrogen-bond donors (Lipinski definition) is 2. The second-order valence-electron chi connectivity index (χ2n) is 5.71. The maximum absolute atomic E-state index is 11.7. The molecule has 4 nitrogen and oxygen atoms in total. The van der Waals surface area contributed by atoms with Crippen LogP contribution in [0.25, 0.3) is 0 Å². The maximum Gasteiger partial charge on any atom is 0.323 e. The van der Waals surface area contributed by atoms with E-state index in [9.17, 15) is 9.90 Å². The van der Waals surface area contributed by atoms with E-state index in [1.54, 1.807) is 24.2 Å². The molecular weight excluding hydrogens is 272 g/mol. The molecule has 0 aliphatic heterocycles. The fourth-order valence-corrected chi connectivity index (χ4v) is 4.19. The molecule has 0 spiro atoms. The highest BCUT2D eigenvalue weighted by Crippen LogP contribution is 2.38. The number of hydrogen-bond acceptors (Lipinski definition) is 4. The van der Waals surface area contributed by atoms with Crippen LogP contribution in [0.2, 0.25) is 0 Å². The van der Waals surface area contributed by atoms with Crippen LogP contribution in [-0.2, 0) is 4.79 Å². The van der Waals surface area contributed by atoms with Crippen LogP contribution in [0.1, 0.15) is 39.5 Å². The zero-order valence-electron chi connectivity index (χ0n) is 12.0. The number of pyridine rings is 1. The molecule has 0 radical (unpaired) electrons. The number of nitrogens with one attached hydrogen (secondary N) is 1. The van der Waals surface area contributed by atoms with Crippen molar-refractivity contribution in [2.24, 2.45) is 0 Å². The van der Waals surface area contributed by atoms with Crippen LogP contribution >= 0.6 is 11.8 Å². The second-order valence-corrected chi connectivity index (χ2v) is 7.08. The number of rotatable bonds is 5. The molecule has 1 saturated carbocycles. The summed E-state index contributed by atoms with van der Waals surface area (Å²) in [6, 6.07) is 4.14. The van der Waals surface area contributed by atoms with Gasteiger partial charge < -0.3 is 5.11 Å². The Hall–Kier alpha value is -1.07. The predicted molar refractivity (Wildman–Crippen MR) is 81.0 cm³/mol. The molecule has 2 unspecified atom stereocenters. The zero-order chi connectivity index (χ0) is 14.6. The lowest BCUT2D eigenvalue weighted by Crippen LogP contribution is -2.57. The van der Waals surface area contributed by atoms with E-state index in [-0.39, 0.29) is 6.04 Å². The van der Waals surface area contributed by atoms with Crippen molar-refractivity contribution in [3.8, 4) is 0 Å². The summed E-state index contributed by atoms with van der Waals surface area (Å²) in [4.78, 5) is 16.9. The third-order valence-electron chi connectivity index (χ3n) is 3.63. The number of thioether (sulfide) groups is 1. The molecule has 2 rings (SSSR count). The summed E-state index contributed by atoms with van der Waals surface area (Å²) < 4.78 is 0. The van der Waals surface area contributed by atoms with Crippen molar-refractivity contribution >= 4 is 17.7 Å². The van der Waals surface area contributed by atoms with E-state index in [0.717, 1.165) is 17.7 Å². The van der Waals surface area contributed by atoms with E-state index in [0.29, 0.717) is 18.1 Å². The Bertz CT molecular complexity index is 452. The summed E-state index contributed by atoms with van der Waals surface area (Å²) in [6.45, 7) is 4.01. The van der Waals surface area contributed by atoms with Gasteiger partial charge in [-0.05, 0) is 51.7 Å². The minimum atomic E-state index is -0.767. The van der Waals surface area contributed by atoms with Gasteiger partial charge in [0.15, 0.2) is 0 Å². The van der Waals surface area contributed by atoms with E-state index >= 15 is 0 Å². The molecule has 110 valence electrons. The minimum Gasteiger partial charge on any atom is -0.480 e. The molecule has 0 amide bonds. The Morgan fingerprint density at radius 2 is 2.20 bits per heavy atom. The monoisotopic (exact) mass is 294 g/mol. The summed E-state index contributed by atoms with van der Waals surface area (Å²) in [5, 5.41) is 13.3. The van der Waals surface area contributed by atoms with E-state index in [1.165, 1.54) is 0 Å². The largest absolute Gasteiger partial charge is 0.480 e. The molecule has 0 aromatic carbocycles. The molecule has 1 aliphatic rings. The lowest BCUT2D eigenvalue weighted by Gasteiger charge is -2.39. The summed E-state index contributed by atoms with van der Waals surface area (Å²) in [5.74, 6) is -0.716. The van der Waals surface area contributed by atoms with Gasteiger partial charge in [0.2, 0.25) is 0 Å². The third kappa shape index (κ3) is 3.73. The maximum atomic E-state index is 11.7. The van der Waals surface area contributed by atoms with Crippen molar-refractivity contribution < 1.29 is 9.90 Å². The van der Waals surface area contributed by atoms with Gasteiger partial charge in [-0.1, -0.05) is 0 Å². The smallest absolute Gasteiger partial charge is 0.323 e. The topological polar surface area (TPSA) is 62.2 Å². The van der Waals surface area contributed by atoms with Gasteiger partial charge >= 0.3 is 5.97 Å². The van der Waals surface area contributed by atoms with Gasteiger partial charge in [0.25, 0.3) is 0 Å². The number of aliphatic carboxylic acids is 1. The Morgan fingerprint density at radius 3 is 2.80 bits per heavy atom. The number of nitrogens with zero attached hydrogens (tertiary/aromatic N) is 1. The molecule has 1 aliphatic carbocycles. The first-order valence-corrected chi connectivity index (χ1v) is 7.97. The number of aromatic nitrogens is 1. The van der Waals surface area contributed by atoms with Crippen LogP contribution in [-0.4, -0.2) is 32.9 Å². The number of carbonyl (C=O) groups is 1. The molecule has 1 aromatic heterocycles. The Labute approximate surface area is 124 Å². The summed E-state index contributed by atoms with van der Waals surface area (Å²) in [7, 11) is 0. The van der Waals surface area contributed by atoms with Gasteiger partial charge in [0, 0.05) is 28.6 Å². The fourth-order valence-electron chi connectivity index (χ4n) is 2.87. The highest BCUT2D eigenvalue weighted by atomic mass is 32.2. The summed E-state index contributed by atoms with van der Waals surface area (Å²) in [6.07, 6.45) is 6.97. The van der Waals surface area contributed by atoms with Crippen LogP contribution in [0.15, 0.2) is 29.4 Å². The normalized spacial score (nSPS) is 26.6. The van der Waals surface area contributed by atoms with Crippen molar-refractivity contribution in [1.82, 2.24) is 10.3 Å².